The van der Waals surface area contributed by atoms with Crippen LogP contribution >= 0.6 is 0 Å². The molecule has 4 nitrogen and oxygen atoms in total. The van der Waals surface area contributed by atoms with E-state index < -0.39 is 23.2 Å². The first kappa shape index (κ1) is 15.0. The van der Waals surface area contributed by atoms with Crippen molar-refractivity contribution in [3.63, 3.8) is 0 Å². The molecule has 0 radical (unpaired) electrons. The summed E-state index contributed by atoms with van der Waals surface area (Å²) in [4.78, 5) is 0. The van der Waals surface area contributed by atoms with Gasteiger partial charge < -0.3 is 20.4 Å². The van der Waals surface area contributed by atoms with E-state index in [0.717, 1.165) is 5.57 Å². The highest BCUT2D eigenvalue weighted by molar-refractivity contribution is 5.20. The SMILES string of the molecule is CC(C)[C@@]1(O)[C@H](O)[C@H](O)[C@@]2(C)CC=C(CO)CC[C@@H]21. The number of rotatable bonds is 2. The molecule has 0 aromatic carbocycles. The van der Waals surface area contributed by atoms with Crippen molar-refractivity contribution in [2.24, 2.45) is 17.3 Å². The summed E-state index contributed by atoms with van der Waals surface area (Å²) in [6.07, 6.45) is 1.91. The number of aliphatic hydroxyl groups is 4. The molecule has 110 valence electrons. The normalized spacial score (nSPS) is 46.9. The van der Waals surface area contributed by atoms with Crippen LogP contribution in [0, 0.1) is 17.3 Å². The quantitative estimate of drug-likeness (QED) is 0.560. The molecule has 0 unspecified atom stereocenters. The fourth-order valence-electron chi connectivity index (χ4n) is 4.06. The fourth-order valence-corrected chi connectivity index (χ4v) is 4.06. The van der Waals surface area contributed by atoms with Gasteiger partial charge >= 0.3 is 0 Å². The molecular weight excluding hydrogens is 244 g/mol. The lowest BCUT2D eigenvalue weighted by atomic mass is 9.68. The van der Waals surface area contributed by atoms with Crippen molar-refractivity contribution in [1.29, 1.82) is 0 Å². The second-order valence-corrected chi connectivity index (χ2v) is 6.75. The topological polar surface area (TPSA) is 80.9 Å². The van der Waals surface area contributed by atoms with E-state index in [9.17, 15) is 20.4 Å². The van der Waals surface area contributed by atoms with Crippen molar-refractivity contribution in [3.8, 4) is 0 Å². The maximum absolute atomic E-state index is 11.0. The minimum atomic E-state index is -1.26. The zero-order chi connectivity index (χ0) is 14.4. The van der Waals surface area contributed by atoms with Crippen LogP contribution in [-0.2, 0) is 0 Å². The molecule has 19 heavy (non-hydrogen) atoms. The van der Waals surface area contributed by atoms with Crippen molar-refractivity contribution in [2.75, 3.05) is 6.61 Å². The van der Waals surface area contributed by atoms with Crippen molar-refractivity contribution in [3.05, 3.63) is 11.6 Å². The van der Waals surface area contributed by atoms with Gasteiger partial charge in [-0.2, -0.15) is 0 Å². The Morgan fingerprint density at radius 3 is 2.47 bits per heavy atom. The lowest BCUT2D eigenvalue weighted by Crippen LogP contribution is -2.50. The van der Waals surface area contributed by atoms with E-state index in [0.29, 0.717) is 19.3 Å². The molecule has 0 saturated heterocycles. The van der Waals surface area contributed by atoms with Crippen molar-refractivity contribution >= 4 is 0 Å². The zero-order valence-electron chi connectivity index (χ0n) is 12.0. The Kier molecular flexibility index (Phi) is 3.82. The Balaban J connectivity index is 2.42. The van der Waals surface area contributed by atoms with Gasteiger partial charge in [-0.3, -0.25) is 0 Å². The summed E-state index contributed by atoms with van der Waals surface area (Å²) in [5.41, 5.74) is -0.828. The van der Waals surface area contributed by atoms with Gasteiger partial charge in [0.1, 0.15) is 6.10 Å². The number of aliphatic hydroxyl groups excluding tert-OH is 3. The molecule has 5 atom stereocenters. The second-order valence-electron chi connectivity index (χ2n) is 6.75. The Morgan fingerprint density at radius 2 is 1.95 bits per heavy atom. The molecule has 4 N–H and O–H groups in total. The zero-order valence-corrected chi connectivity index (χ0v) is 12.0. The monoisotopic (exact) mass is 270 g/mol. The summed E-state index contributed by atoms with van der Waals surface area (Å²) in [5.74, 6) is -0.287. The standard InChI is InChI=1S/C15H26O4/c1-9(2)15(19)11-5-4-10(8-16)6-7-14(11,3)12(17)13(15)18/h6,9,11-13,16-19H,4-5,7-8H2,1-3H3/t11-,12-,13+,14-,15-/m0/s1. The van der Waals surface area contributed by atoms with E-state index in [4.69, 9.17) is 0 Å². The molecular formula is C15H26O4. The number of hydrogen-bond donors (Lipinski definition) is 4. The average molecular weight is 270 g/mol. The number of hydrogen-bond acceptors (Lipinski definition) is 4. The third-order valence-electron chi connectivity index (χ3n) is 5.52. The van der Waals surface area contributed by atoms with Gasteiger partial charge in [0.2, 0.25) is 0 Å². The summed E-state index contributed by atoms with van der Waals surface area (Å²) < 4.78 is 0. The van der Waals surface area contributed by atoms with Gasteiger partial charge in [0.05, 0.1) is 18.3 Å². The summed E-state index contributed by atoms with van der Waals surface area (Å²) in [6.45, 7) is 5.73. The average Bonchev–Trinajstić information content (AvgIpc) is 2.52. The second kappa shape index (κ2) is 4.85. The van der Waals surface area contributed by atoms with Crippen LogP contribution in [0.1, 0.15) is 40.0 Å². The van der Waals surface area contributed by atoms with Crippen molar-refractivity contribution < 1.29 is 20.4 Å². The molecule has 0 heterocycles. The summed E-state index contributed by atoms with van der Waals surface area (Å²) >= 11 is 0. The molecule has 2 aliphatic rings. The smallest absolute Gasteiger partial charge is 0.110 e. The van der Waals surface area contributed by atoms with Crippen LogP contribution < -0.4 is 0 Å². The Labute approximate surface area is 114 Å². The molecule has 1 saturated carbocycles. The van der Waals surface area contributed by atoms with E-state index in [2.05, 4.69) is 0 Å². The lowest BCUT2D eigenvalue weighted by Gasteiger charge is -2.40. The van der Waals surface area contributed by atoms with Crippen LogP contribution in [0.15, 0.2) is 11.6 Å². The van der Waals surface area contributed by atoms with Crippen LogP contribution in [0.4, 0.5) is 0 Å². The highest BCUT2D eigenvalue weighted by Gasteiger charge is 2.65. The molecule has 0 spiro atoms. The molecule has 1 fully saturated rings. The van der Waals surface area contributed by atoms with Gasteiger partial charge in [0.15, 0.2) is 0 Å². The molecule has 0 aromatic heterocycles. The minimum Gasteiger partial charge on any atom is -0.392 e. The third kappa shape index (κ3) is 1.97. The lowest BCUT2D eigenvalue weighted by molar-refractivity contribution is -0.132. The van der Waals surface area contributed by atoms with Crippen LogP contribution in [0.3, 0.4) is 0 Å². The first-order valence-corrected chi connectivity index (χ1v) is 7.15. The molecule has 2 rings (SSSR count). The predicted molar refractivity (Wildman–Crippen MR) is 72.4 cm³/mol. The van der Waals surface area contributed by atoms with E-state index in [1.54, 1.807) is 0 Å². The summed E-state index contributed by atoms with van der Waals surface area (Å²) in [5, 5.41) is 41.0. The predicted octanol–water partition coefficient (Wildman–Crippen LogP) is 0.834. The maximum Gasteiger partial charge on any atom is 0.110 e. The minimum absolute atomic E-state index is 0.0293. The Morgan fingerprint density at radius 1 is 1.32 bits per heavy atom. The molecule has 0 aromatic rings. The van der Waals surface area contributed by atoms with Gasteiger partial charge in [-0.15, -0.1) is 0 Å². The van der Waals surface area contributed by atoms with Crippen LogP contribution in [0.5, 0.6) is 0 Å². The van der Waals surface area contributed by atoms with E-state index in [1.807, 2.05) is 26.8 Å². The van der Waals surface area contributed by atoms with Gasteiger partial charge in [-0.05, 0) is 36.7 Å². The fraction of sp³-hybridized carbons (Fsp3) is 0.867. The van der Waals surface area contributed by atoms with E-state index >= 15 is 0 Å². The van der Waals surface area contributed by atoms with Crippen LogP contribution in [-0.4, -0.2) is 44.8 Å². The van der Waals surface area contributed by atoms with E-state index in [1.165, 1.54) is 0 Å². The molecule has 0 aliphatic heterocycles. The van der Waals surface area contributed by atoms with Gasteiger partial charge in [0.25, 0.3) is 0 Å². The first-order valence-electron chi connectivity index (χ1n) is 7.15. The molecule has 0 bridgehead atoms. The largest absolute Gasteiger partial charge is 0.392 e. The molecule has 4 heteroatoms. The highest BCUT2D eigenvalue weighted by Crippen LogP contribution is 2.57. The van der Waals surface area contributed by atoms with Crippen LogP contribution in [0.25, 0.3) is 0 Å². The molecule has 2 aliphatic carbocycles. The van der Waals surface area contributed by atoms with Gasteiger partial charge in [-0.1, -0.05) is 26.8 Å². The highest BCUT2D eigenvalue weighted by atomic mass is 16.4. The van der Waals surface area contributed by atoms with E-state index in [-0.39, 0.29) is 18.4 Å². The summed E-state index contributed by atoms with van der Waals surface area (Å²) in [6, 6.07) is 0. The molecule has 0 amide bonds. The van der Waals surface area contributed by atoms with Gasteiger partial charge in [-0.25, -0.2) is 0 Å². The summed E-state index contributed by atoms with van der Waals surface area (Å²) in [7, 11) is 0. The number of allylic oxidation sites excluding steroid dienone is 1. The Hall–Kier alpha value is -0.420. The van der Waals surface area contributed by atoms with Crippen molar-refractivity contribution in [2.45, 2.75) is 57.8 Å². The third-order valence-corrected chi connectivity index (χ3v) is 5.52. The number of fused-ring (bicyclic) bond motifs is 1. The van der Waals surface area contributed by atoms with Crippen LogP contribution in [0.2, 0.25) is 0 Å². The first-order chi connectivity index (χ1) is 8.78. The Bertz CT molecular complexity index is 378. The van der Waals surface area contributed by atoms with Gasteiger partial charge in [0, 0.05) is 5.41 Å². The maximum atomic E-state index is 11.0. The van der Waals surface area contributed by atoms with Crippen molar-refractivity contribution in [1.82, 2.24) is 0 Å².